The van der Waals surface area contributed by atoms with Crippen molar-refractivity contribution in [2.24, 2.45) is 0 Å². The third-order valence-electron chi connectivity index (χ3n) is 3.60. The van der Waals surface area contributed by atoms with Gasteiger partial charge in [-0.25, -0.2) is 0 Å². The Hall–Kier alpha value is -1.23. The molecule has 0 aliphatic carbocycles. The number of hydrogen-bond acceptors (Lipinski definition) is 3. The minimum atomic E-state index is 0.413. The van der Waals surface area contributed by atoms with Crippen molar-refractivity contribution < 1.29 is 4.74 Å². The molecule has 0 atom stereocenters. The van der Waals surface area contributed by atoms with E-state index in [1.54, 1.807) is 17.4 Å². The van der Waals surface area contributed by atoms with E-state index in [1.807, 2.05) is 36.4 Å². The van der Waals surface area contributed by atoms with Crippen LogP contribution in [0.25, 0.3) is 0 Å². The molecule has 2 nitrogen and oxygen atoms in total. The first-order valence-corrected chi connectivity index (χ1v) is 9.71. The molecule has 1 N–H and O–H groups in total. The van der Waals surface area contributed by atoms with E-state index >= 15 is 0 Å². The van der Waals surface area contributed by atoms with Gasteiger partial charge in [0.05, 0.1) is 10.0 Å². The molecular formula is C19H16Cl3NOS. The van der Waals surface area contributed by atoms with Crippen LogP contribution in [0.15, 0.2) is 53.9 Å². The molecule has 0 bridgehead atoms. The second-order valence-electron chi connectivity index (χ2n) is 5.47. The summed E-state index contributed by atoms with van der Waals surface area (Å²) in [5.41, 5.74) is 1.98. The number of hydrogen-bond donors (Lipinski definition) is 1. The summed E-state index contributed by atoms with van der Waals surface area (Å²) < 4.78 is 5.96. The van der Waals surface area contributed by atoms with Crippen molar-refractivity contribution in [3.63, 3.8) is 0 Å². The molecule has 1 heterocycles. The molecule has 0 saturated heterocycles. The van der Waals surface area contributed by atoms with Crippen molar-refractivity contribution in [3.05, 3.63) is 85.0 Å². The van der Waals surface area contributed by atoms with E-state index in [1.165, 1.54) is 4.88 Å². The fraction of sp³-hybridized carbons (Fsp3) is 0.158. The molecule has 0 radical (unpaired) electrons. The largest absolute Gasteiger partial charge is 0.489 e. The maximum absolute atomic E-state index is 6.14. The van der Waals surface area contributed by atoms with Crippen LogP contribution in [0.1, 0.15) is 16.0 Å². The minimum Gasteiger partial charge on any atom is -0.489 e. The van der Waals surface area contributed by atoms with Gasteiger partial charge in [-0.05, 0) is 47.3 Å². The van der Waals surface area contributed by atoms with Gasteiger partial charge in [0.1, 0.15) is 12.4 Å². The Labute approximate surface area is 166 Å². The van der Waals surface area contributed by atoms with E-state index in [0.717, 1.165) is 23.4 Å². The summed E-state index contributed by atoms with van der Waals surface area (Å²) in [5, 5.41) is 7.24. The highest BCUT2D eigenvalue weighted by molar-refractivity contribution is 7.09. The monoisotopic (exact) mass is 411 g/mol. The van der Waals surface area contributed by atoms with Gasteiger partial charge in [0.2, 0.25) is 0 Å². The van der Waals surface area contributed by atoms with Crippen LogP contribution in [0.2, 0.25) is 15.1 Å². The molecule has 6 heteroatoms. The zero-order valence-electron chi connectivity index (χ0n) is 13.3. The van der Waals surface area contributed by atoms with Crippen molar-refractivity contribution in [3.8, 4) is 5.75 Å². The van der Waals surface area contributed by atoms with Gasteiger partial charge in [0.15, 0.2) is 0 Å². The van der Waals surface area contributed by atoms with Gasteiger partial charge in [0, 0.05) is 28.6 Å². The molecular weight excluding hydrogens is 397 g/mol. The van der Waals surface area contributed by atoms with Crippen LogP contribution in [0, 0.1) is 0 Å². The first kappa shape index (κ1) is 18.6. The van der Waals surface area contributed by atoms with E-state index in [2.05, 4.69) is 16.8 Å². The molecule has 130 valence electrons. The lowest BCUT2D eigenvalue weighted by Gasteiger charge is -2.13. The van der Waals surface area contributed by atoms with Crippen LogP contribution in [0.3, 0.4) is 0 Å². The van der Waals surface area contributed by atoms with E-state index in [-0.39, 0.29) is 0 Å². The molecule has 0 saturated carbocycles. The number of benzene rings is 2. The SMILES string of the molecule is Clc1ccc(OCc2ccc(Cl)c(Cl)c2)c(CNCc2cccs2)c1. The summed E-state index contributed by atoms with van der Waals surface area (Å²) in [7, 11) is 0. The van der Waals surface area contributed by atoms with Crippen LogP contribution in [0.4, 0.5) is 0 Å². The van der Waals surface area contributed by atoms with Gasteiger partial charge in [-0.1, -0.05) is 46.9 Å². The van der Waals surface area contributed by atoms with Gasteiger partial charge >= 0.3 is 0 Å². The van der Waals surface area contributed by atoms with Crippen LogP contribution < -0.4 is 10.1 Å². The lowest BCUT2D eigenvalue weighted by Crippen LogP contribution is -2.13. The van der Waals surface area contributed by atoms with Crippen molar-refractivity contribution in [2.75, 3.05) is 0 Å². The molecule has 2 aromatic carbocycles. The molecule has 0 spiro atoms. The zero-order chi connectivity index (χ0) is 17.6. The van der Waals surface area contributed by atoms with Crippen molar-refractivity contribution in [1.82, 2.24) is 5.32 Å². The van der Waals surface area contributed by atoms with Gasteiger partial charge in [0.25, 0.3) is 0 Å². The Bertz CT molecular complexity index is 837. The van der Waals surface area contributed by atoms with Gasteiger partial charge in [-0.15, -0.1) is 11.3 Å². The molecule has 0 aliphatic rings. The Morgan fingerprint density at radius 1 is 0.920 bits per heavy atom. The highest BCUT2D eigenvalue weighted by Gasteiger charge is 2.07. The van der Waals surface area contributed by atoms with E-state index < -0.39 is 0 Å². The fourth-order valence-electron chi connectivity index (χ4n) is 2.35. The van der Waals surface area contributed by atoms with Crippen molar-refractivity contribution >= 4 is 46.1 Å². The van der Waals surface area contributed by atoms with Crippen LogP contribution in [-0.2, 0) is 19.7 Å². The van der Waals surface area contributed by atoms with Gasteiger partial charge < -0.3 is 10.1 Å². The standard InChI is InChI=1S/C19H16Cl3NOS/c20-15-4-6-19(24-12-13-3-5-17(21)18(22)8-13)14(9-15)10-23-11-16-2-1-7-25-16/h1-9,23H,10-12H2. The molecule has 0 fully saturated rings. The summed E-state index contributed by atoms with van der Waals surface area (Å²) in [6, 6.07) is 15.3. The maximum atomic E-state index is 6.14. The zero-order valence-corrected chi connectivity index (χ0v) is 16.4. The topological polar surface area (TPSA) is 21.3 Å². The van der Waals surface area contributed by atoms with Gasteiger partial charge in [-0.2, -0.15) is 0 Å². The average Bonchev–Trinajstić information content (AvgIpc) is 3.10. The summed E-state index contributed by atoms with van der Waals surface area (Å²) in [6.07, 6.45) is 0. The minimum absolute atomic E-state index is 0.413. The predicted molar refractivity (Wildman–Crippen MR) is 107 cm³/mol. The second-order valence-corrected chi connectivity index (χ2v) is 7.76. The Morgan fingerprint density at radius 3 is 2.56 bits per heavy atom. The first-order chi connectivity index (χ1) is 12.1. The summed E-state index contributed by atoms with van der Waals surface area (Å²) in [4.78, 5) is 1.29. The summed E-state index contributed by atoms with van der Waals surface area (Å²) >= 11 is 19.9. The van der Waals surface area contributed by atoms with E-state index in [0.29, 0.717) is 28.2 Å². The Morgan fingerprint density at radius 2 is 1.80 bits per heavy atom. The summed E-state index contributed by atoms with van der Waals surface area (Å²) in [5.74, 6) is 0.800. The van der Waals surface area contributed by atoms with Crippen molar-refractivity contribution in [1.29, 1.82) is 0 Å². The molecule has 0 aliphatic heterocycles. The van der Waals surface area contributed by atoms with E-state index in [4.69, 9.17) is 39.5 Å². The average molecular weight is 413 g/mol. The van der Waals surface area contributed by atoms with E-state index in [9.17, 15) is 0 Å². The molecule has 0 unspecified atom stereocenters. The predicted octanol–water partition coefficient (Wildman–Crippen LogP) is 6.58. The third kappa shape index (κ3) is 5.37. The number of rotatable bonds is 7. The van der Waals surface area contributed by atoms with Gasteiger partial charge in [-0.3, -0.25) is 0 Å². The Kier molecular flexibility index (Phi) is 6.63. The second kappa shape index (κ2) is 8.93. The Balaban J connectivity index is 1.64. The molecule has 3 rings (SSSR count). The molecule has 25 heavy (non-hydrogen) atoms. The number of nitrogens with one attached hydrogen (secondary N) is 1. The lowest BCUT2D eigenvalue weighted by atomic mass is 10.2. The highest BCUT2D eigenvalue weighted by atomic mass is 35.5. The van der Waals surface area contributed by atoms with Crippen molar-refractivity contribution in [2.45, 2.75) is 19.7 Å². The molecule has 3 aromatic rings. The van der Waals surface area contributed by atoms with Crippen LogP contribution in [-0.4, -0.2) is 0 Å². The number of halogens is 3. The smallest absolute Gasteiger partial charge is 0.124 e. The van der Waals surface area contributed by atoms with Crippen LogP contribution in [0.5, 0.6) is 5.75 Å². The lowest BCUT2D eigenvalue weighted by molar-refractivity contribution is 0.302. The quantitative estimate of drug-likeness (QED) is 0.473. The maximum Gasteiger partial charge on any atom is 0.124 e. The number of ether oxygens (including phenoxy) is 1. The molecule has 1 aromatic heterocycles. The first-order valence-electron chi connectivity index (χ1n) is 7.70. The number of thiophene rings is 1. The third-order valence-corrected chi connectivity index (χ3v) is 5.45. The van der Waals surface area contributed by atoms with Crippen LogP contribution >= 0.6 is 46.1 Å². The normalized spacial score (nSPS) is 10.8. The fourth-order valence-corrected chi connectivity index (χ4v) is 3.54. The highest BCUT2D eigenvalue weighted by Crippen LogP contribution is 2.26. The summed E-state index contributed by atoms with van der Waals surface area (Å²) in [6.45, 7) is 1.90. The molecule has 0 amide bonds.